The number of anilines is 1. The van der Waals surface area contributed by atoms with Gasteiger partial charge in [0, 0.05) is 31.7 Å². The Labute approximate surface area is 124 Å². The molecule has 0 atom stereocenters. The Morgan fingerprint density at radius 2 is 1.80 bits per heavy atom. The molecule has 0 bridgehead atoms. The molecule has 0 radical (unpaired) electrons. The van der Waals surface area contributed by atoms with Crippen molar-refractivity contribution >= 4 is 33.1 Å². The lowest BCUT2D eigenvalue weighted by atomic mass is 10.1. The second-order valence-corrected chi connectivity index (χ2v) is 7.26. The van der Waals surface area contributed by atoms with Gasteiger partial charge in [0.15, 0.2) is 5.78 Å². The maximum Gasteiger partial charge on any atom is 0.211 e. The molecule has 0 saturated carbocycles. The molecule has 7 heteroatoms. The number of hydrogen-bond acceptors (Lipinski definition) is 4. The number of carbonyl (C=O) groups excluding carboxylic acids is 1. The Bertz CT molecular complexity index is 623. The minimum atomic E-state index is -3.13. The van der Waals surface area contributed by atoms with Crippen LogP contribution in [-0.4, -0.2) is 50.9 Å². The standard InChI is InChI=1S/C13H17ClN2O3S/c1-10(17)11-3-4-13(12(14)9-11)15-5-7-16(8-6-15)20(2,18)19/h3-4,9H,5-8H2,1-2H3. The van der Waals surface area contributed by atoms with E-state index in [1.54, 1.807) is 12.1 Å². The molecule has 110 valence electrons. The first-order valence-corrected chi connectivity index (χ1v) is 8.52. The lowest BCUT2D eigenvalue weighted by Gasteiger charge is -2.35. The number of benzene rings is 1. The number of hydrogen-bond donors (Lipinski definition) is 0. The number of piperazine rings is 1. The molecule has 1 aliphatic rings. The molecule has 0 aliphatic carbocycles. The van der Waals surface area contributed by atoms with Gasteiger partial charge in [-0.1, -0.05) is 11.6 Å². The van der Waals surface area contributed by atoms with E-state index in [0.717, 1.165) is 5.69 Å². The van der Waals surface area contributed by atoms with Gasteiger partial charge in [0.1, 0.15) is 0 Å². The third kappa shape index (κ3) is 3.31. The van der Waals surface area contributed by atoms with Gasteiger partial charge in [0.25, 0.3) is 0 Å². The highest BCUT2D eigenvalue weighted by molar-refractivity contribution is 7.88. The van der Waals surface area contributed by atoms with Crippen molar-refractivity contribution in [1.82, 2.24) is 4.31 Å². The van der Waals surface area contributed by atoms with E-state index in [1.807, 2.05) is 11.0 Å². The number of rotatable bonds is 3. The van der Waals surface area contributed by atoms with E-state index >= 15 is 0 Å². The topological polar surface area (TPSA) is 57.7 Å². The Morgan fingerprint density at radius 3 is 2.25 bits per heavy atom. The van der Waals surface area contributed by atoms with Crippen LogP contribution < -0.4 is 4.90 Å². The van der Waals surface area contributed by atoms with Crippen molar-refractivity contribution in [3.63, 3.8) is 0 Å². The number of carbonyl (C=O) groups is 1. The van der Waals surface area contributed by atoms with E-state index in [1.165, 1.54) is 17.5 Å². The molecule has 0 unspecified atom stereocenters. The number of Topliss-reactive ketones (excluding diaryl/α,β-unsaturated/α-hetero) is 1. The predicted molar refractivity (Wildman–Crippen MR) is 80.1 cm³/mol. The van der Waals surface area contributed by atoms with E-state index in [-0.39, 0.29) is 5.78 Å². The van der Waals surface area contributed by atoms with Crippen LogP contribution >= 0.6 is 11.6 Å². The lowest BCUT2D eigenvalue weighted by molar-refractivity contribution is 0.101. The fourth-order valence-electron chi connectivity index (χ4n) is 2.24. The summed E-state index contributed by atoms with van der Waals surface area (Å²) in [5.41, 5.74) is 1.42. The van der Waals surface area contributed by atoms with Crippen molar-refractivity contribution in [2.75, 3.05) is 37.3 Å². The summed E-state index contributed by atoms with van der Waals surface area (Å²) in [4.78, 5) is 13.3. The zero-order chi connectivity index (χ0) is 14.9. The minimum Gasteiger partial charge on any atom is -0.368 e. The molecule has 1 aliphatic heterocycles. The van der Waals surface area contributed by atoms with Crippen LogP contribution in [0.3, 0.4) is 0 Å². The summed E-state index contributed by atoms with van der Waals surface area (Å²) in [5, 5.41) is 0.519. The molecular formula is C13H17ClN2O3S. The zero-order valence-electron chi connectivity index (χ0n) is 11.5. The van der Waals surface area contributed by atoms with Crippen LogP contribution in [0.1, 0.15) is 17.3 Å². The summed E-state index contributed by atoms with van der Waals surface area (Å²) in [6, 6.07) is 5.21. The van der Waals surface area contributed by atoms with Gasteiger partial charge in [0.2, 0.25) is 10.0 Å². The number of halogens is 1. The van der Waals surface area contributed by atoms with Crippen LogP contribution in [0.2, 0.25) is 5.02 Å². The molecule has 0 N–H and O–H groups in total. The van der Waals surface area contributed by atoms with Crippen LogP contribution in [0.15, 0.2) is 18.2 Å². The van der Waals surface area contributed by atoms with Crippen LogP contribution in [0.4, 0.5) is 5.69 Å². The summed E-state index contributed by atoms with van der Waals surface area (Å²) in [5.74, 6) is -0.0275. The molecule has 0 amide bonds. The van der Waals surface area contributed by atoms with Gasteiger partial charge in [-0.15, -0.1) is 0 Å². The molecule has 1 heterocycles. The first kappa shape index (κ1) is 15.3. The molecule has 2 rings (SSSR count). The van der Waals surface area contributed by atoms with Crippen LogP contribution in [0, 0.1) is 0 Å². The van der Waals surface area contributed by atoms with Gasteiger partial charge in [-0.05, 0) is 25.1 Å². The zero-order valence-corrected chi connectivity index (χ0v) is 13.0. The maximum absolute atomic E-state index is 11.5. The van der Waals surface area contributed by atoms with Crippen LogP contribution in [0.5, 0.6) is 0 Å². The van der Waals surface area contributed by atoms with E-state index < -0.39 is 10.0 Å². The minimum absolute atomic E-state index is 0.0275. The highest BCUT2D eigenvalue weighted by atomic mass is 35.5. The Hall–Kier alpha value is -1.11. The van der Waals surface area contributed by atoms with Gasteiger partial charge in [-0.25, -0.2) is 8.42 Å². The number of ketones is 1. The van der Waals surface area contributed by atoms with Crippen molar-refractivity contribution in [3.05, 3.63) is 28.8 Å². The normalized spacial score (nSPS) is 17.2. The van der Waals surface area contributed by atoms with Crippen LogP contribution in [0.25, 0.3) is 0 Å². The van der Waals surface area contributed by atoms with Crippen molar-refractivity contribution in [2.24, 2.45) is 0 Å². The molecule has 1 aromatic carbocycles. The quantitative estimate of drug-likeness (QED) is 0.795. The predicted octanol–water partition coefficient (Wildman–Crippen LogP) is 1.62. The highest BCUT2D eigenvalue weighted by Gasteiger charge is 2.24. The molecule has 0 aromatic heterocycles. The summed E-state index contributed by atoms with van der Waals surface area (Å²) in [6.45, 7) is 3.57. The molecule has 1 fully saturated rings. The lowest BCUT2D eigenvalue weighted by Crippen LogP contribution is -2.48. The first-order chi connectivity index (χ1) is 9.29. The molecule has 0 spiro atoms. The van der Waals surface area contributed by atoms with Crippen molar-refractivity contribution in [2.45, 2.75) is 6.92 Å². The Balaban J connectivity index is 2.13. The monoisotopic (exact) mass is 316 g/mol. The van der Waals surface area contributed by atoms with Gasteiger partial charge in [-0.3, -0.25) is 4.79 Å². The molecule has 20 heavy (non-hydrogen) atoms. The van der Waals surface area contributed by atoms with Crippen molar-refractivity contribution in [1.29, 1.82) is 0 Å². The fourth-order valence-corrected chi connectivity index (χ4v) is 3.37. The van der Waals surface area contributed by atoms with E-state index in [2.05, 4.69) is 0 Å². The van der Waals surface area contributed by atoms with Gasteiger partial charge in [0.05, 0.1) is 17.0 Å². The van der Waals surface area contributed by atoms with Crippen LogP contribution in [-0.2, 0) is 10.0 Å². The van der Waals surface area contributed by atoms with Crippen molar-refractivity contribution < 1.29 is 13.2 Å². The largest absolute Gasteiger partial charge is 0.368 e. The first-order valence-electron chi connectivity index (χ1n) is 6.29. The maximum atomic E-state index is 11.5. The van der Waals surface area contributed by atoms with E-state index in [0.29, 0.717) is 36.8 Å². The Morgan fingerprint density at radius 1 is 1.20 bits per heavy atom. The molecular weight excluding hydrogens is 300 g/mol. The smallest absolute Gasteiger partial charge is 0.211 e. The van der Waals surface area contributed by atoms with Crippen molar-refractivity contribution in [3.8, 4) is 0 Å². The number of sulfonamides is 1. The third-order valence-electron chi connectivity index (χ3n) is 3.40. The SMILES string of the molecule is CC(=O)c1ccc(N2CCN(S(C)(=O)=O)CC2)c(Cl)c1. The summed E-state index contributed by atoms with van der Waals surface area (Å²) in [6.07, 6.45) is 1.22. The average molecular weight is 317 g/mol. The van der Waals surface area contributed by atoms with E-state index in [4.69, 9.17) is 11.6 Å². The second-order valence-electron chi connectivity index (χ2n) is 4.87. The number of nitrogens with zero attached hydrogens (tertiary/aromatic N) is 2. The Kier molecular flexibility index (Phi) is 4.36. The summed E-state index contributed by atoms with van der Waals surface area (Å²) in [7, 11) is -3.13. The summed E-state index contributed by atoms with van der Waals surface area (Å²) < 4.78 is 24.4. The average Bonchev–Trinajstić information content (AvgIpc) is 2.37. The molecule has 1 saturated heterocycles. The second kappa shape index (κ2) is 5.71. The third-order valence-corrected chi connectivity index (χ3v) is 5.01. The molecule has 5 nitrogen and oxygen atoms in total. The highest BCUT2D eigenvalue weighted by Crippen LogP contribution is 2.28. The fraction of sp³-hybridized carbons (Fsp3) is 0.462. The van der Waals surface area contributed by atoms with Gasteiger partial charge < -0.3 is 4.90 Å². The molecule has 1 aromatic rings. The van der Waals surface area contributed by atoms with Gasteiger partial charge >= 0.3 is 0 Å². The summed E-state index contributed by atoms with van der Waals surface area (Å²) >= 11 is 6.21. The van der Waals surface area contributed by atoms with E-state index in [9.17, 15) is 13.2 Å². The van der Waals surface area contributed by atoms with Gasteiger partial charge in [-0.2, -0.15) is 4.31 Å².